The molecule has 0 N–H and O–H groups in total. The largest absolute Gasteiger partial charge is 0.443 e. The zero-order valence-electron chi connectivity index (χ0n) is 21.7. The molecule has 0 bridgehead atoms. The van der Waals surface area contributed by atoms with Crippen LogP contribution in [0.3, 0.4) is 0 Å². The number of rotatable bonds is 2. The summed E-state index contributed by atoms with van der Waals surface area (Å²) in [6.45, 7) is 12.8. The van der Waals surface area contributed by atoms with E-state index in [9.17, 15) is 14.4 Å². The molecule has 2 rings (SSSR count). The van der Waals surface area contributed by atoms with Gasteiger partial charge in [-0.05, 0) is 54.0 Å². The molecule has 0 spiro atoms. The summed E-state index contributed by atoms with van der Waals surface area (Å²) in [5, 5.41) is 0. The summed E-state index contributed by atoms with van der Waals surface area (Å²) in [5.74, 6) is 0.0373. The van der Waals surface area contributed by atoms with Gasteiger partial charge in [0.05, 0.1) is 19.9 Å². The van der Waals surface area contributed by atoms with Gasteiger partial charge in [-0.2, -0.15) is 0 Å². The van der Waals surface area contributed by atoms with E-state index in [1.165, 1.54) is 14.7 Å². The van der Waals surface area contributed by atoms with E-state index >= 15 is 0 Å². The van der Waals surface area contributed by atoms with Crippen molar-refractivity contribution in [3.05, 3.63) is 35.4 Å². The van der Waals surface area contributed by atoms with Crippen molar-refractivity contribution in [2.75, 3.05) is 27.4 Å². The maximum atomic E-state index is 13.4. The molecular formula is C24H37N5O5. The Hall–Kier alpha value is -3.30. The number of aryl methyl sites for hydroxylation is 1. The van der Waals surface area contributed by atoms with Gasteiger partial charge in [-0.15, -0.1) is 4.99 Å². The summed E-state index contributed by atoms with van der Waals surface area (Å²) >= 11 is 0. The van der Waals surface area contributed by atoms with Gasteiger partial charge in [-0.25, -0.2) is 19.3 Å². The highest BCUT2D eigenvalue weighted by Gasteiger charge is 2.35. The van der Waals surface area contributed by atoms with Gasteiger partial charge in [0, 0.05) is 14.1 Å². The minimum Gasteiger partial charge on any atom is -0.443 e. The highest BCUT2D eigenvalue weighted by Crippen LogP contribution is 2.19. The number of amides is 4. The molecule has 1 aliphatic rings. The van der Waals surface area contributed by atoms with E-state index in [2.05, 4.69) is 4.99 Å². The van der Waals surface area contributed by atoms with E-state index in [0.29, 0.717) is 0 Å². The SMILES string of the molecule is Cc1ccc(CN(C(=O)OC(C)(C)C)/C(=N\C(=O)OC(C)(C)C)N2CN(C)C(=O)N(C)C2)cc1. The lowest BCUT2D eigenvalue weighted by molar-refractivity contribution is 0.0300. The van der Waals surface area contributed by atoms with E-state index in [-0.39, 0.29) is 31.9 Å². The third kappa shape index (κ3) is 7.93. The summed E-state index contributed by atoms with van der Waals surface area (Å²) in [7, 11) is 3.27. The number of nitrogens with zero attached hydrogens (tertiary/aromatic N) is 5. The van der Waals surface area contributed by atoms with Gasteiger partial charge in [0.1, 0.15) is 11.2 Å². The second kappa shape index (κ2) is 10.3. The monoisotopic (exact) mass is 475 g/mol. The Morgan fingerprint density at radius 1 is 0.941 bits per heavy atom. The van der Waals surface area contributed by atoms with Crippen LogP contribution in [0.15, 0.2) is 29.3 Å². The maximum absolute atomic E-state index is 13.4. The van der Waals surface area contributed by atoms with Gasteiger partial charge in [0.2, 0.25) is 5.96 Å². The minimum atomic E-state index is -0.845. The molecule has 1 fully saturated rings. The Morgan fingerprint density at radius 3 is 1.91 bits per heavy atom. The molecular weight excluding hydrogens is 438 g/mol. The average Bonchev–Trinajstić information content (AvgIpc) is 2.67. The van der Waals surface area contributed by atoms with E-state index in [0.717, 1.165) is 11.1 Å². The summed E-state index contributed by atoms with van der Waals surface area (Å²) in [6, 6.07) is 7.49. The molecule has 0 radical (unpaired) electrons. The van der Waals surface area contributed by atoms with Crippen molar-refractivity contribution in [1.82, 2.24) is 19.6 Å². The zero-order valence-corrected chi connectivity index (χ0v) is 21.7. The predicted octanol–water partition coefficient (Wildman–Crippen LogP) is 4.24. The third-order valence-electron chi connectivity index (χ3n) is 4.60. The molecule has 1 aliphatic heterocycles. The molecule has 10 nitrogen and oxygen atoms in total. The lowest BCUT2D eigenvalue weighted by Gasteiger charge is -2.42. The lowest BCUT2D eigenvalue weighted by Crippen LogP contribution is -2.60. The Kier molecular flexibility index (Phi) is 8.18. The highest BCUT2D eigenvalue weighted by atomic mass is 16.6. The first-order chi connectivity index (χ1) is 15.6. The lowest BCUT2D eigenvalue weighted by atomic mass is 10.1. The fourth-order valence-electron chi connectivity index (χ4n) is 3.17. The molecule has 1 aromatic rings. The first kappa shape index (κ1) is 26.9. The van der Waals surface area contributed by atoms with Crippen molar-refractivity contribution in [3.8, 4) is 0 Å². The molecule has 0 atom stereocenters. The molecule has 34 heavy (non-hydrogen) atoms. The number of urea groups is 1. The predicted molar refractivity (Wildman–Crippen MR) is 129 cm³/mol. The van der Waals surface area contributed by atoms with Crippen LogP contribution < -0.4 is 0 Å². The number of hydrogen-bond donors (Lipinski definition) is 0. The summed E-state index contributed by atoms with van der Waals surface area (Å²) in [5.41, 5.74) is 0.354. The van der Waals surface area contributed by atoms with Gasteiger partial charge < -0.3 is 24.2 Å². The van der Waals surface area contributed by atoms with Gasteiger partial charge in [-0.1, -0.05) is 29.8 Å². The molecule has 0 saturated carbocycles. The second-order valence-corrected chi connectivity index (χ2v) is 10.4. The second-order valence-electron chi connectivity index (χ2n) is 10.4. The Labute approximate surface area is 202 Å². The van der Waals surface area contributed by atoms with Crippen LogP contribution in [-0.2, 0) is 16.0 Å². The van der Waals surface area contributed by atoms with E-state index in [1.807, 2.05) is 31.2 Å². The first-order valence-corrected chi connectivity index (χ1v) is 11.1. The molecule has 10 heteroatoms. The number of carbonyl (C=O) groups is 3. The molecule has 4 amide bonds. The molecule has 0 aliphatic carbocycles. The van der Waals surface area contributed by atoms with Crippen molar-refractivity contribution >= 4 is 24.2 Å². The smallest absolute Gasteiger partial charge is 0.437 e. The quantitative estimate of drug-likeness (QED) is 0.469. The average molecular weight is 476 g/mol. The van der Waals surface area contributed by atoms with Crippen LogP contribution in [0.2, 0.25) is 0 Å². The van der Waals surface area contributed by atoms with Crippen LogP contribution in [0.5, 0.6) is 0 Å². The van der Waals surface area contributed by atoms with E-state index < -0.39 is 23.4 Å². The van der Waals surface area contributed by atoms with Gasteiger partial charge in [0.15, 0.2) is 0 Å². The third-order valence-corrected chi connectivity index (χ3v) is 4.60. The number of carbonyl (C=O) groups excluding carboxylic acids is 3. The summed E-state index contributed by atoms with van der Waals surface area (Å²) < 4.78 is 11.1. The Bertz CT molecular complexity index is 917. The Balaban J connectivity index is 2.55. The van der Waals surface area contributed by atoms with Crippen LogP contribution in [0.4, 0.5) is 14.4 Å². The van der Waals surface area contributed by atoms with Gasteiger partial charge in [0.25, 0.3) is 0 Å². The summed E-state index contributed by atoms with van der Waals surface area (Å²) in [6.07, 6.45) is -1.51. The number of aliphatic imine (C=N–C) groups is 1. The van der Waals surface area contributed by atoms with Crippen LogP contribution in [0, 0.1) is 6.92 Å². The maximum Gasteiger partial charge on any atom is 0.437 e. The molecule has 0 unspecified atom stereocenters. The van der Waals surface area contributed by atoms with Crippen molar-refractivity contribution < 1.29 is 23.9 Å². The van der Waals surface area contributed by atoms with Crippen LogP contribution >= 0.6 is 0 Å². The number of hydrogen-bond acceptors (Lipinski definition) is 5. The van der Waals surface area contributed by atoms with Crippen LogP contribution in [-0.4, -0.2) is 82.4 Å². The molecule has 0 aromatic heterocycles. The standard InChI is InChI=1S/C24H37N5O5/c1-17-10-12-18(13-11-17)14-29(22(32)34-24(5,6)7)19(25-20(30)33-23(2,3)4)28-15-26(8)21(31)27(9)16-28/h10-13H,14-16H2,1-9H3/b25-19-. The number of benzene rings is 1. The van der Waals surface area contributed by atoms with Crippen molar-refractivity contribution in [1.29, 1.82) is 0 Å². The topological polar surface area (TPSA) is 95.0 Å². The first-order valence-electron chi connectivity index (χ1n) is 11.1. The fraction of sp³-hybridized carbons (Fsp3) is 0.583. The normalized spacial score (nSPS) is 15.4. The van der Waals surface area contributed by atoms with E-state index in [1.54, 1.807) is 60.5 Å². The zero-order chi connectivity index (χ0) is 25.8. The van der Waals surface area contributed by atoms with Gasteiger partial charge >= 0.3 is 18.2 Å². The number of guanidine groups is 1. The van der Waals surface area contributed by atoms with Crippen LogP contribution in [0.25, 0.3) is 0 Å². The van der Waals surface area contributed by atoms with E-state index in [4.69, 9.17) is 9.47 Å². The van der Waals surface area contributed by atoms with Crippen molar-refractivity contribution in [2.24, 2.45) is 4.99 Å². The minimum absolute atomic E-state index is 0.0373. The number of ether oxygens (including phenoxy) is 2. The van der Waals surface area contributed by atoms with Crippen molar-refractivity contribution in [2.45, 2.75) is 66.2 Å². The molecule has 188 valence electrons. The fourth-order valence-corrected chi connectivity index (χ4v) is 3.17. The summed E-state index contributed by atoms with van der Waals surface area (Å²) in [4.78, 5) is 48.5. The molecule has 1 heterocycles. The highest BCUT2D eigenvalue weighted by molar-refractivity contribution is 5.99. The van der Waals surface area contributed by atoms with Crippen molar-refractivity contribution in [3.63, 3.8) is 0 Å². The molecule has 1 aromatic carbocycles. The Morgan fingerprint density at radius 2 is 1.44 bits per heavy atom. The van der Waals surface area contributed by atoms with Gasteiger partial charge in [-0.3, -0.25) is 0 Å². The van der Waals surface area contributed by atoms with Crippen LogP contribution in [0.1, 0.15) is 52.7 Å². The molecule has 1 saturated heterocycles.